The van der Waals surface area contributed by atoms with Gasteiger partial charge in [0.2, 0.25) is 0 Å². The van der Waals surface area contributed by atoms with Gasteiger partial charge in [-0.25, -0.2) is 0 Å². The van der Waals surface area contributed by atoms with Gasteiger partial charge in [0.15, 0.2) is 0 Å². The first-order valence-electron chi connectivity index (χ1n) is 4.21. The van der Waals surface area contributed by atoms with Gasteiger partial charge in [-0.1, -0.05) is 11.6 Å². The molecule has 0 unspecified atom stereocenters. The average molecular weight is 272 g/mol. The van der Waals surface area contributed by atoms with E-state index in [4.69, 9.17) is 28.1 Å². The maximum atomic E-state index is 5.93. The monoisotopic (exact) mass is 270 g/mol. The zero-order valence-corrected chi connectivity index (χ0v) is 10.7. The van der Waals surface area contributed by atoms with Crippen molar-refractivity contribution >= 4 is 41.5 Å². The summed E-state index contributed by atoms with van der Waals surface area (Å²) in [6.45, 7) is 3.88. The molecule has 0 aliphatic carbocycles. The number of hydrazine groups is 1. The van der Waals surface area contributed by atoms with E-state index < -0.39 is 0 Å². The molecule has 1 rings (SSSR count). The molecule has 0 fully saturated rings. The molecule has 1 aromatic carbocycles. The summed E-state index contributed by atoms with van der Waals surface area (Å²) in [7, 11) is 0. The SMILES string of the molecule is CC(C)Oc1cc(NNCl)ccc1Cl.Cl. The lowest BCUT2D eigenvalue weighted by Crippen LogP contribution is -2.10. The molecule has 0 bridgehead atoms. The number of hydrogen-bond acceptors (Lipinski definition) is 3. The number of ether oxygens (including phenoxy) is 1. The normalized spacial score (nSPS) is 9.67. The highest BCUT2D eigenvalue weighted by Crippen LogP contribution is 2.28. The average Bonchev–Trinajstić information content (AvgIpc) is 2.10. The van der Waals surface area contributed by atoms with Crippen LogP contribution in [0.15, 0.2) is 18.2 Å². The van der Waals surface area contributed by atoms with E-state index in [0.717, 1.165) is 5.69 Å². The Morgan fingerprint density at radius 1 is 1.33 bits per heavy atom. The summed E-state index contributed by atoms with van der Waals surface area (Å²) in [4.78, 5) is 2.31. The molecule has 0 aliphatic heterocycles. The van der Waals surface area contributed by atoms with Gasteiger partial charge in [0, 0.05) is 6.07 Å². The summed E-state index contributed by atoms with van der Waals surface area (Å²) >= 11 is 11.2. The summed E-state index contributed by atoms with van der Waals surface area (Å²) in [5.74, 6) is 0.638. The molecule has 86 valence electrons. The van der Waals surface area contributed by atoms with Crippen LogP contribution in [0, 0.1) is 0 Å². The quantitative estimate of drug-likeness (QED) is 0.648. The summed E-state index contributed by atoms with van der Waals surface area (Å²) in [6.07, 6.45) is 0.0895. The van der Waals surface area contributed by atoms with Crippen molar-refractivity contribution < 1.29 is 4.74 Å². The largest absolute Gasteiger partial charge is 0.489 e. The number of hydrogen-bond donors (Lipinski definition) is 2. The fourth-order valence-electron chi connectivity index (χ4n) is 0.980. The second-order valence-electron chi connectivity index (χ2n) is 3.03. The summed E-state index contributed by atoms with van der Waals surface area (Å²) in [5, 5.41) is 0.582. The van der Waals surface area contributed by atoms with Gasteiger partial charge in [-0.2, -0.15) is 0 Å². The van der Waals surface area contributed by atoms with Crippen LogP contribution in [0.5, 0.6) is 5.75 Å². The van der Waals surface area contributed by atoms with E-state index in [2.05, 4.69) is 10.4 Å². The van der Waals surface area contributed by atoms with Crippen molar-refractivity contribution in [3.05, 3.63) is 23.2 Å². The lowest BCUT2D eigenvalue weighted by molar-refractivity contribution is 0.242. The Morgan fingerprint density at radius 3 is 2.53 bits per heavy atom. The predicted molar refractivity (Wildman–Crippen MR) is 67.1 cm³/mol. The molecule has 3 nitrogen and oxygen atoms in total. The highest BCUT2D eigenvalue weighted by molar-refractivity contribution is 6.32. The molecule has 2 N–H and O–H groups in total. The van der Waals surface area contributed by atoms with Gasteiger partial charge in [0.1, 0.15) is 5.75 Å². The lowest BCUT2D eigenvalue weighted by Gasteiger charge is -2.12. The van der Waals surface area contributed by atoms with E-state index in [1.54, 1.807) is 18.2 Å². The number of nitrogens with one attached hydrogen (secondary N) is 2. The molecule has 0 saturated heterocycles. The number of rotatable bonds is 4. The van der Waals surface area contributed by atoms with Crippen molar-refractivity contribution in [2.24, 2.45) is 0 Å². The van der Waals surface area contributed by atoms with E-state index in [-0.39, 0.29) is 18.5 Å². The van der Waals surface area contributed by atoms with Gasteiger partial charge in [-0.3, -0.25) is 0 Å². The van der Waals surface area contributed by atoms with Gasteiger partial charge in [0.25, 0.3) is 0 Å². The van der Waals surface area contributed by atoms with Crippen LogP contribution in [0.25, 0.3) is 0 Å². The molecule has 0 atom stereocenters. The van der Waals surface area contributed by atoms with Crippen LogP contribution in [0.3, 0.4) is 0 Å². The van der Waals surface area contributed by atoms with Crippen LogP contribution in [0.1, 0.15) is 13.8 Å². The summed E-state index contributed by atoms with van der Waals surface area (Å²) in [5.41, 5.74) is 3.52. The van der Waals surface area contributed by atoms with E-state index >= 15 is 0 Å². The summed E-state index contributed by atoms with van der Waals surface area (Å²) in [6, 6.07) is 5.32. The number of anilines is 1. The zero-order valence-electron chi connectivity index (χ0n) is 8.38. The molecule has 1 aromatic rings. The van der Waals surface area contributed by atoms with E-state index in [9.17, 15) is 0 Å². The van der Waals surface area contributed by atoms with Gasteiger partial charge in [-0.15, -0.1) is 17.4 Å². The Labute approximate surface area is 106 Å². The zero-order chi connectivity index (χ0) is 10.6. The van der Waals surface area contributed by atoms with Crippen molar-refractivity contribution in [1.82, 2.24) is 4.94 Å². The minimum absolute atomic E-state index is 0. The van der Waals surface area contributed by atoms with Crippen LogP contribution >= 0.6 is 35.8 Å². The number of benzene rings is 1. The predicted octanol–water partition coefficient (Wildman–Crippen LogP) is 3.62. The third-order valence-corrected chi connectivity index (χ3v) is 1.89. The van der Waals surface area contributed by atoms with Gasteiger partial charge in [-0.05, 0) is 37.8 Å². The van der Waals surface area contributed by atoms with Crippen LogP contribution < -0.4 is 15.1 Å². The molecule has 0 spiro atoms. The molecule has 0 amide bonds. The molecular weight excluding hydrogens is 258 g/mol. The Balaban J connectivity index is 0.00000196. The number of halogens is 3. The third-order valence-electron chi connectivity index (χ3n) is 1.49. The first-order valence-corrected chi connectivity index (χ1v) is 4.97. The van der Waals surface area contributed by atoms with Gasteiger partial charge < -0.3 is 10.2 Å². The van der Waals surface area contributed by atoms with Crippen molar-refractivity contribution in [3.8, 4) is 5.75 Å². The van der Waals surface area contributed by atoms with Crippen molar-refractivity contribution in [2.75, 3.05) is 5.43 Å². The highest BCUT2D eigenvalue weighted by Gasteiger charge is 2.04. The molecule has 0 heterocycles. The topological polar surface area (TPSA) is 33.3 Å². The first-order chi connectivity index (χ1) is 6.63. The minimum Gasteiger partial charge on any atom is -0.489 e. The lowest BCUT2D eigenvalue weighted by atomic mass is 10.3. The highest BCUT2D eigenvalue weighted by atomic mass is 35.5. The van der Waals surface area contributed by atoms with Gasteiger partial charge >= 0.3 is 0 Å². The molecule has 0 saturated carbocycles. The molecule has 6 heteroatoms. The van der Waals surface area contributed by atoms with Crippen molar-refractivity contribution in [3.63, 3.8) is 0 Å². The van der Waals surface area contributed by atoms with E-state index in [1.807, 2.05) is 13.8 Å². The standard InChI is InChI=1S/C9H12Cl2N2O.ClH/c1-6(2)14-9-5-7(12-13-11)3-4-8(9)10;/h3-6,12-13H,1-2H3;1H. The fourth-order valence-corrected chi connectivity index (χ4v) is 1.25. The first kappa shape index (κ1) is 14.6. The molecule has 0 radical (unpaired) electrons. The maximum absolute atomic E-state index is 5.93. The fraction of sp³-hybridized carbons (Fsp3) is 0.333. The van der Waals surface area contributed by atoms with Gasteiger partial charge in [0.05, 0.1) is 16.8 Å². The molecule has 0 aromatic heterocycles. The second kappa shape index (κ2) is 7.01. The third kappa shape index (κ3) is 4.80. The van der Waals surface area contributed by atoms with E-state index in [1.165, 1.54) is 0 Å². The maximum Gasteiger partial charge on any atom is 0.140 e. The van der Waals surface area contributed by atoms with Crippen molar-refractivity contribution in [2.45, 2.75) is 20.0 Å². The minimum atomic E-state index is 0. The Bertz CT molecular complexity index is 307. The molecule has 0 aliphatic rings. The Kier molecular flexibility index (Phi) is 6.85. The van der Waals surface area contributed by atoms with E-state index in [0.29, 0.717) is 10.8 Å². The smallest absolute Gasteiger partial charge is 0.140 e. The Morgan fingerprint density at radius 2 is 2.00 bits per heavy atom. The second-order valence-corrected chi connectivity index (χ2v) is 3.63. The van der Waals surface area contributed by atoms with Crippen molar-refractivity contribution in [1.29, 1.82) is 0 Å². The van der Waals surface area contributed by atoms with Crippen LogP contribution in [0.2, 0.25) is 5.02 Å². The van der Waals surface area contributed by atoms with Crippen LogP contribution in [0.4, 0.5) is 5.69 Å². The molecule has 15 heavy (non-hydrogen) atoms. The Hall–Kier alpha value is -0.350. The van der Waals surface area contributed by atoms with Crippen LogP contribution in [-0.4, -0.2) is 6.10 Å². The summed E-state index contributed by atoms with van der Waals surface area (Å²) < 4.78 is 5.49. The van der Waals surface area contributed by atoms with Crippen LogP contribution in [-0.2, 0) is 0 Å². The molecular formula is C9H13Cl3N2O.